The largest absolute Gasteiger partial charge is 0.358 e. The summed E-state index contributed by atoms with van der Waals surface area (Å²) in [6.45, 7) is 1.58. The van der Waals surface area contributed by atoms with Gasteiger partial charge in [0.1, 0.15) is 5.82 Å². The first-order valence-electron chi connectivity index (χ1n) is 7.31. The van der Waals surface area contributed by atoms with Crippen LogP contribution in [0.1, 0.15) is 21.6 Å². The summed E-state index contributed by atoms with van der Waals surface area (Å²) in [7, 11) is 0. The number of halogens is 2. The lowest BCUT2D eigenvalue weighted by molar-refractivity contribution is -0.117. The van der Waals surface area contributed by atoms with Gasteiger partial charge in [-0.2, -0.15) is 0 Å². The maximum Gasteiger partial charge on any atom is 0.292 e. The van der Waals surface area contributed by atoms with Crippen molar-refractivity contribution in [3.63, 3.8) is 0 Å². The predicted octanol–water partition coefficient (Wildman–Crippen LogP) is 3.77. The third-order valence-corrected chi connectivity index (χ3v) is 4.17. The molecule has 2 aromatic carbocycles. The molecule has 0 saturated heterocycles. The summed E-state index contributed by atoms with van der Waals surface area (Å²) in [6.07, 6.45) is 0. The number of aryl methyl sites for hydroxylation is 1. The van der Waals surface area contributed by atoms with Crippen molar-refractivity contribution in [2.75, 3.05) is 0 Å². The molecule has 0 aliphatic heterocycles. The molecule has 0 radical (unpaired) electrons. The molecule has 1 heterocycles. The number of nitrogens with one attached hydrogen (secondary N) is 2. The molecular formula is C18H14ClFN2O2. The second kappa shape index (κ2) is 6.45. The lowest BCUT2D eigenvalue weighted by Crippen LogP contribution is -2.31. The highest BCUT2D eigenvalue weighted by atomic mass is 35.5. The second-order valence-corrected chi connectivity index (χ2v) is 5.79. The Hall–Kier alpha value is -2.66. The van der Waals surface area contributed by atoms with Crippen molar-refractivity contribution in [3.05, 3.63) is 70.1 Å². The molecule has 0 saturated carbocycles. The molecule has 24 heavy (non-hydrogen) atoms. The van der Waals surface area contributed by atoms with Crippen molar-refractivity contribution < 1.29 is 14.0 Å². The first kappa shape index (κ1) is 16.2. The van der Waals surface area contributed by atoms with E-state index in [1.807, 2.05) is 12.1 Å². The molecule has 0 bridgehead atoms. The average Bonchev–Trinajstić information content (AvgIpc) is 2.89. The summed E-state index contributed by atoms with van der Waals surface area (Å²) in [5.74, 6) is -2.00. The van der Waals surface area contributed by atoms with Gasteiger partial charge in [0.2, 0.25) is 0 Å². The number of fused-ring (bicyclic) bond motifs is 1. The van der Waals surface area contributed by atoms with Crippen LogP contribution in [0.3, 0.4) is 0 Å². The van der Waals surface area contributed by atoms with Gasteiger partial charge in [-0.3, -0.25) is 9.59 Å². The van der Waals surface area contributed by atoms with Crippen LogP contribution in [0.2, 0.25) is 5.02 Å². The van der Waals surface area contributed by atoms with Crippen LogP contribution in [0.15, 0.2) is 42.5 Å². The molecule has 0 atom stereocenters. The number of hydrogen-bond acceptors (Lipinski definition) is 2. The van der Waals surface area contributed by atoms with Gasteiger partial charge in [0.15, 0.2) is 0 Å². The number of carbonyl (C=O) groups is 2. The number of hydrogen-bond donors (Lipinski definition) is 2. The van der Waals surface area contributed by atoms with E-state index in [0.29, 0.717) is 16.6 Å². The Bertz CT molecular complexity index is 929. The van der Waals surface area contributed by atoms with E-state index < -0.39 is 17.5 Å². The van der Waals surface area contributed by atoms with Crippen LogP contribution in [0, 0.1) is 12.7 Å². The highest BCUT2D eigenvalue weighted by molar-refractivity contribution is 6.45. The summed E-state index contributed by atoms with van der Waals surface area (Å²) < 4.78 is 13.7. The molecule has 2 N–H and O–H groups in total. The van der Waals surface area contributed by atoms with Gasteiger partial charge in [0, 0.05) is 33.7 Å². The van der Waals surface area contributed by atoms with Crippen LogP contribution in [-0.2, 0) is 11.3 Å². The van der Waals surface area contributed by atoms with Gasteiger partial charge in [-0.15, -0.1) is 0 Å². The summed E-state index contributed by atoms with van der Waals surface area (Å²) in [5.41, 5.74) is 1.86. The fourth-order valence-electron chi connectivity index (χ4n) is 2.63. The minimum Gasteiger partial charge on any atom is -0.358 e. The summed E-state index contributed by atoms with van der Waals surface area (Å²) in [4.78, 5) is 27.7. The Morgan fingerprint density at radius 2 is 1.92 bits per heavy atom. The van der Waals surface area contributed by atoms with E-state index in [1.54, 1.807) is 19.1 Å². The Morgan fingerprint density at radius 1 is 1.17 bits per heavy atom. The molecule has 1 amide bonds. The number of benzene rings is 2. The van der Waals surface area contributed by atoms with Crippen molar-refractivity contribution >= 4 is 34.2 Å². The van der Waals surface area contributed by atoms with E-state index >= 15 is 0 Å². The fraction of sp³-hybridized carbons (Fsp3) is 0.111. The molecule has 6 heteroatoms. The minimum absolute atomic E-state index is 0.149. The van der Waals surface area contributed by atoms with Crippen molar-refractivity contribution in [1.82, 2.24) is 10.3 Å². The van der Waals surface area contributed by atoms with Crippen molar-refractivity contribution in [1.29, 1.82) is 0 Å². The minimum atomic E-state index is -0.804. The van der Waals surface area contributed by atoms with Crippen molar-refractivity contribution in [3.8, 4) is 0 Å². The van der Waals surface area contributed by atoms with E-state index in [9.17, 15) is 14.0 Å². The number of ketones is 1. The van der Waals surface area contributed by atoms with E-state index in [-0.39, 0.29) is 17.1 Å². The standard InChI is InChI=1S/C18H14ClFN2O2/c1-10-16(11-5-2-3-8-15(11)22-10)17(23)18(24)21-9-12-13(19)6-4-7-14(12)20/h2-8,22H,9H2,1H3,(H,21,24). The molecule has 0 fully saturated rings. The summed E-state index contributed by atoms with van der Waals surface area (Å²) in [5, 5.41) is 3.31. The van der Waals surface area contributed by atoms with Gasteiger partial charge in [-0.25, -0.2) is 4.39 Å². The number of Topliss-reactive ketones (excluding diaryl/α,β-unsaturated/α-hetero) is 1. The van der Waals surface area contributed by atoms with Crippen LogP contribution in [0.4, 0.5) is 4.39 Å². The molecule has 4 nitrogen and oxygen atoms in total. The highest BCUT2D eigenvalue weighted by Gasteiger charge is 2.22. The SMILES string of the molecule is Cc1[nH]c2ccccc2c1C(=O)C(=O)NCc1c(F)cccc1Cl. The lowest BCUT2D eigenvalue weighted by atomic mass is 10.1. The zero-order valence-electron chi connectivity index (χ0n) is 12.8. The first-order valence-corrected chi connectivity index (χ1v) is 7.69. The number of aromatic nitrogens is 1. The molecule has 0 unspecified atom stereocenters. The second-order valence-electron chi connectivity index (χ2n) is 5.38. The smallest absolute Gasteiger partial charge is 0.292 e. The van der Waals surface area contributed by atoms with Crippen LogP contribution >= 0.6 is 11.6 Å². The number of para-hydroxylation sites is 1. The zero-order valence-corrected chi connectivity index (χ0v) is 13.6. The van der Waals surface area contributed by atoms with Crippen LogP contribution in [-0.4, -0.2) is 16.7 Å². The monoisotopic (exact) mass is 344 g/mol. The highest BCUT2D eigenvalue weighted by Crippen LogP contribution is 2.23. The molecule has 3 rings (SSSR count). The maximum atomic E-state index is 13.7. The number of aromatic amines is 1. The Kier molecular flexibility index (Phi) is 4.36. The molecule has 3 aromatic rings. The Morgan fingerprint density at radius 3 is 2.67 bits per heavy atom. The maximum absolute atomic E-state index is 13.7. The number of H-pyrrole nitrogens is 1. The van der Waals surface area contributed by atoms with Gasteiger partial charge < -0.3 is 10.3 Å². The predicted molar refractivity (Wildman–Crippen MR) is 90.6 cm³/mol. The van der Waals surface area contributed by atoms with Crippen LogP contribution in [0.25, 0.3) is 10.9 Å². The van der Waals surface area contributed by atoms with E-state index in [4.69, 9.17) is 11.6 Å². The van der Waals surface area contributed by atoms with Gasteiger partial charge in [0.05, 0.1) is 5.56 Å². The molecule has 1 aromatic heterocycles. The van der Waals surface area contributed by atoms with Gasteiger partial charge in [-0.05, 0) is 25.1 Å². The van der Waals surface area contributed by atoms with Gasteiger partial charge in [0.25, 0.3) is 11.7 Å². The molecular weight excluding hydrogens is 331 g/mol. The third kappa shape index (κ3) is 2.90. The fourth-order valence-corrected chi connectivity index (χ4v) is 2.86. The first-order chi connectivity index (χ1) is 11.5. The van der Waals surface area contributed by atoms with Crippen LogP contribution < -0.4 is 5.32 Å². The van der Waals surface area contributed by atoms with E-state index in [1.165, 1.54) is 18.2 Å². The van der Waals surface area contributed by atoms with Gasteiger partial charge in [-0.1, -0.05) is 35.9 Å². The number of amides is 1. The van der Waals surface area contributed by atoms with Gasteiger partial charge >= 0.3 is 0 Å². The lowest BCUT2D eigenvalue weighted by Gasteiger charge is -2.07. The molecule has 122 valence electrons. The van der Waals surface area contributed by atoms with E-state index in [2.05, 4.69) is 10.3 Å². The summed E-state index contributed by atoms with van der Waals surface area (Å²) >= 11 is 5.91. The van der Waals surface area contributed by atoms with Crippen molar-refractivity contribution in [2.24, 2.45) is 0 Å². The normalized spacial score (nSPS) is 10.8. The Balaban J connectivity index is 1.82. The average molecular weight is 345 g/mol. The zero-order chi connectivity index (χ0) is 17.3. The topological polar surface area (TPSA) is 62.0 Å². The number of carbonyl (C=O) groups excluding carboxylic acids is 2. The molecule has 0 aliphatic rings. The third-order valence-electron chi connectivity index (χ3n) is 3.81. The summed E-state index contributed by atoms with van der Waals surface area (Å²) in [6, 6.07) is 11.5. The Labute approximate surface area is 142 Å². The van der Waals surface area contributed by atoms with Crippen molar-refractivity contribution in [2.45, 2.75) is 13.5 Å². The quantitative estimate of drug-likeness (QED) is 0.559. The molecule has 0 spiro atoms. The van der Waals surface area contributed by atoms with E-state index in [0.717, 1.165) is 5.52 Å². The van der Waals surface area contributed by atoms with Crippen LogP contribution in [0.5, 0.6) is 0 Å². The molecule has 0 aliphatic carbocycles. The number of rotatable bonds is 4.